The van der Waals surface area contributed by atoms with Gasteiger partial charge in [0.05, 0.1) is 59.9 Å². The number of fused-ring (bicyclic) bond motifs is 6. The van der Waals surface area contributed by atoms with Gasteiger partial charge >= 0.3 is 24.1 Å². The minimum absolute atomic E-state index is 0.00723. The smallest absolute Gasteiger partial charge is 0.416 e. The fourth-order valence-electron chi connectivity index (χ4n) is 17.9. The molecule has 5 aromatic rings. The SMILES string of the molecule is COc1ccc(-c2ccc(/C=C/C3C4CCCCC4CC4C(=O)O[C@@H](C)C43)nc2)cc1.C[C@@H]1OC(=O)C2CC3CCCCC3C(/C=C/c3ccc(OCc4ccc(C(F)(F)F)cc4)cn3)C21.C[C@@H]1OC(=O)[C@H]2C[C@H]3CCCC[C@@H]3[C@@H](/C=C/c3ccc(O)cn3)[C@@H]12. The molecule has 14 rings (SSSR count). The molecular weight excluding hydrogens is 1140 g/mol. The van der Waals surface area contributed by atoms with Gasteiger partial charge in [0.2, 0.25) is 0 Å². The van der Waals surface area contributed by atoms with Crippen molar-refractivity contribution in [3.05, 3.63) is 150 Å². The average molecular weight is 1230 g/mol. The Labute approximate surface area is 527 Å². The van der Waals surface area contributed by atoms with Crippen LogP contribution in [0.2, 0.25) is 0 Å². The number of allylic oxidation sites excluding steroid dienone is 3. The summed E-state index contributed by atoms with van der Waals surface area (Å²) in [6.07, 6.45) is 31.9. The highest BCUT2D eigenvalue weighted by Crippen LogP contribution is 2.56. The summed E-state index contributed by atoms with van der Waals surface area (Å²) in [6, 6.07) is 24.3. The lowest BCUT2D eigenvalue weighted by Crippen LogP contribution is -2.42. The van der Waals surface area contributed by atoms with Crippen LogP contribution < -0.4 is 9.47 Å². The van der Waals surface area contributed by atoms with Crippen LogP contribution in [0.25, 0.3) is 29.4 Å². The molecule has 6 aliphatic carbocycles. The molecule has 9 aliphatic rings. The molecule has 0 amide bonds. The first-order valence-electron chi connectivity index (χ1n) is 33.2. The Morgan fingerprint density at radius 3 is 1.29 bits per heavy atom. The maximum Gasteiger partial charge on any atom is 0.416 e. The molecule has 90 heavy (non-hydrogen) atoms. The Morgan fingerprint density at radius 1 is 0.500 bits per heavy atom. The van der Waals surface area contributed by atoms with Gasteiger partial charge in [-0.3, -0.25) is 29.3 Å². The molecule has 6 heterocycles. The lowest BCUT2D eigenvalue weighted by atomic mass is 9.57. The number of alkyl halides is 3. The minimum Gasteiger partial charge on any atom is -0.506 e. The number of cyclic esters (lactones) is 3. The summed E-state index contributed by atoms with van der Waals surface area (Å²) in [5.74, 6) is 7.48. The van der Waals surface area contributed by atoms with Crippen molar-refractivity contribution in [2.24, 2.45) is 88.8 Å². The number of methoxy groups -OCH3 is 1. The number of aromatic hydroxyl groups is 1. The number of carbonyl (C=O) groups excluding carboxylic acids is 3. The van der Waals surface area contributed by atoms with Gasteiger partial charge in [-0.1, -0.05) is 106 Å². The predicted molar refractivity (Wildman–Crippen MR) is 338 cm³/mol. The maximum atomic E-state index is 12.7. The predicted octanol–water partition coefficient (Wildman–Crippen LogP) is 16.3. The van der Waals surface area contributed by atoms with Crippen molar-refractivity contribution < 1.29 is 56.3 Å². The van der Waals surface area contributed by atoms with Gasteiger partial charge in [0, 0.05) is 29.5 Å². The van der Waals surface area contributed by atoms with E-state index in [-0.39, 0.29) is 72.2 Å². The van der Waals surface area contributed by atoms with Crippen LogP contribution in [0.3, 0.4) is 0 Å². The third-order valence-electron chi connectivity index (χ3n) is 22.1. The van der Waals surface area contributed by atoms with Crippen LogP contribution in [-0.4, -0.2) is 63.4 Å². The minimum atomic E-state index is -4.35. The second kappa shape index (κ2) is 27.7. The maximum absolute atomic E-state index is 12.7. The van der Waals surface area contributed by atoms with E-state index >= 15 is 0 Å². The Hall–Kier alpha value is -7.29. The van der Waals surface area contributed by atoms with Crippen LogP contribution in [0.15, 0.2) is 122 Å². The molecule has 0 bridgehead atoms. The Kier molecular flexibility index (Phi) is 19.3. The lowest BCUT2D eigenvalue weighted by Gasteiger charge is -2.45. The van der Waals surface area contributed by atoms with E-state index in [2.05, 4.69) is 70.4 Å². The van der Waals surface area contributed by atoms with Gasteiger partial charge in [-0.15, -0.1) is 0 Å². The second-order valence-corrected chi connectivity index (χ2v) is 27.2. The van der Waals surface area contributed by atoms with Gasteiger partial charge in [-0.25, -0.2) is 0 Å². The summed E-state index contributed by atoms with van der Waals surface area (Å²) >= 11 is 0. The number of halogens is 3. The molecule has 0 radical (unpaired) electrons. The number of hydrogen-bond donors (Lipinski definition) is 1. The highest BCUT2D eigenvalue weighted by atomic mass is 19.4. The highest BCUT2D eigenvalue weighted by Gasteiger charge is 2.56. The second-order valence-electron chi connectivity index (χ2n) is 27.2. The van der Waals surface area contributed by atoms with Gasteiger partial charge < -0.3 is 28.8 Å². The third kappa shape index (κ3) is 14.0. The molecule has 2 aromatic carbocycles. The van der Waals surface area contributed by atoms with E-state index in [0.29, 0.717) is 76.4 Å². The van der Waals surface area contributed by atoms with Crippen LogP contribution in [0.4, 0.5) is 13.2 Å². The number of rotatable bonds is 11. The number of aromatic nitrogens is 3. The van der Waals surface area contributed by atoms with Crippen molar-refractivity contribution in [2.75, 3.05) is 7.11 Å². The molecule has 3 saturated heterocycles. The number of carbonyl (C=O) groups is 3. The molecule has 12 nitrogen and oxygen atoms in total. The molecule has 6 saturated carbocycles. The third-order valence-corrected chi connectivity index (χ3v) is 22.1. The van der Waals surface area contributed by atoms with E-state index in [4.69, 9.17) is 23.7 Å². The zero-order chi connectivity index (χ0) is 62.6. The van der Waals surface area contributed by atoms with E-state index in [9.17, 15) is 32.7 Å². The first kappa shape index (κ1) is 62.9. The topological polar surface area (TPSA) is 156 Å². The monoisotopic (exact) mass is 1230 g/mol. The molecule has 1 N–H and O–H groups in total. The highest BCUT2D eigenvalue weighted by molar-refractivity contribution is 5.77. The zero-order valence-corrected chi connectivity index (χ0v) is 52.2. The van der Waals surface area contributed by atoms with E-state index in [1.807, 2.05) is 62.5 Å². The number of nitrogens with zero attached hydrogens (tertiary/aromatic N) is 3. The molecule has 10 unspecified atom stereocenters. The van der Waals surface area contributed by atoms with Gasteiger partial charge in [0.1, 0.15) is 42.2 Å². The molecule has 3 aromatic heterocycles. The van der Waals surface area contributed by atoms with Crippen molar-refractivity contribution >= 4 is 36.1 Å². The Morgan fingerprint density at radius 2 is 0.900 bits per heavy atom. The van der Waals surface area contributed by atoms with Crippen molar-refractivity contribution in [1.29, 1.82) is 0 Å². The fourth-order valence-corrected chi connectivity index (χ4v) is 17.9. The van der Waals surface area contributed by atoms with Crippen molar-refractivity contribution in [3.63, 3.8) is 0 Å². The normalized spacial score (nSPS) is 33.3. The Balaban J connectivity index is 0.000000133. The molecule has 0 spiro atoms. The summed E-state index contributed by atoms with van der Waals surface area (Å²) in [6.45, 7) is 6.31. The first-order chi connectivity index (χ1) is 43.6. The molecule has 15 heteroatoms. The summed E-state index contributed by atoms with van der Waals surface area (Å²) in [4.78, 5) is 50.6. The molecule has 18 atom stereocenters. The number of hydrogen-bond acceptors (Lipinski definition) is 12. The van der Waals surface area contributed by atoms with Crippen molar-refractivity contribution in [2.45, 2.75) is 148 Å². The summed E-state index contributed by atoms with van der Waals surface area (Å²) in [5.41, 5.74) is 4.81. The Bertz CT molecular complexity index is 3350. The van der Waals surface area contributed by atoms with Crippen LogP contribution in [-0.2, 0) is 41.4 Å². The van der Waals surface area contributed by atoms with Crippen LogP contribution in [0.5, 0.6) is 17.2 Å². The van der Waals surface area contributed by atoms with Crippen LogP contribution >= 0.6 is 0 Å². The van der Waals surface area contributed by atoms with Crippen molar-refractivity contribution in [1.82, 2.24) is 15.0 Å². The van der Waals surface area contributed by atoms with E-state index in [1.54, 1.807) is 19.4 Å². The zero-order valence-electron chi connectivity index (χ0n) is 52.2. The van der Waals surface area contributed by atoms with E-state index in [1.165, 1.54) is 95.4 Å². The number of benzene rings is 2. The van der Waals surface area contributed by atoms with Crippen LogP contribution in [0.1, 0.15) is 145 Å². The average Bonchev–Trinajstić information content (AvgIpc) is 1.69. The van der Waals surface area contributed by atoms with Gasteiger partial charge in [-0.2, -0.15) is 13.2 Å². The van der Waals surface area contributed by atoms with Gasteiger partial charge in [0.15, 0.2) is 0 Å². The van der Waals surface area contributed by atoms with Crippen LogP contribution in [0, 0.1) is 88.8 Å². The standard InChI is InChI=1S/C28H30F3NO3.C27H31NO3.C20H25NO3/c1-17-26-24(23-5-3-2-4-19(23)14-25(26)27(33)35-17)13-11-21-10-12-22(15-32-21)34-16-18-6-8-20(9-7-18)28(29,30)31;1-17-26-24(23-6-4-3-5-19(23)15-25(26)27(29)31-17)14-11-21-10-7-20(16-28-21)18-8-12-22(30-2)13-9-18;1-12-19-17(9-7-14-6-8-15(22)11-21-14)16-5-3-2-4-13(16)10-18(19)20(23)24-12/h6-13,15,17,19,23-26H,2-5,14,16H2,1H3;7-14,16-17,19,23-26H,3-6,15H2,1-2H3;6-9,11-13,16-19,22H,2-5,10H2,1H3/b13-11+;14-11+;9-7+/t2*17-,19?,23?,24?,25?,26?;12-,13+,16-,17+,18-,19+/m000/s1. The largest absolute Gasteiger partial charge is 0.506 e. The van der Waals surface area contributed by atoms with Crippen molar-refractivity contribution in [3.8, 4) is 28.4 Å². The summed E-state index contributed by atoms with van der Waals surface area (Å²) < 4.78 is 66.0. The number of esters is 3. The molecule has 9 fully saturated rings. The molecular formula is C75H86F3N3O9. The first-order valence-corrected chi connectivity index (χ1v) is 33.2. The van der Waals surface area contributed by atoms with E-state index < -0.39 is 11.7 Å². The van der Waals surface area contributed by atoms with Gasteiger partial charge in [-0.05, 0) is 197 Å². The molecule has 476 valence electrons. The fraction of sp³-hybridized carbons (Fsp3) is 0.520. The summed E-state index contributed by atoms with van der Waals surface area (Å²) in [5, 5.41) is 9.37. The lowest BCUT2D eigenvalue weighted by molar-refractivity contribution is -0.145. The number of pyridine rings is 3. The number of ether oxygens (including phenoxy) is 5. The van der Waals surface area contributed by atoms with E-state index in [0.717, 1.165) is 65.4 Å². The quantitative estimate of drug-likeness (QED) is 0.0988. The summed E-state index contributed by atoms with van der Waals surface area (Å²) in [7, 11) is 1.68. The van der Waals surface area contributed by atoms with Gasteiger partial charge in [0.25, 0.3) is 0 Å². The molecule has 3 aliphatic heterocycles.